The van der Waals surface area contributed by atoms with Crippen molar-refractivity contribution >= 4 is 47.3 Å². The van der Waals surface area contributed by atoms with Gasteiger partial charge in [0.25, 0.3) is 5.91 Å². The second-order valence-corrected chi connectivity index (χ2v) is 15.7. The number of carbonyl (C=O) groups excluding carboxylic acids is 8. The molecular formula is C42H61N9O10. The normalized spacial score (nSPS) is 17.6. The number of nitrogens with zero attached hydrogens (tertiary/aromatic N) is 1. The van der Waals surface area contributed by atoms with Crippen molar-refractivity contribution in [3.05, 3.63) is 71.8 Å². The molecule has 13 N–H and O–H groups in total. The number of nitrogens with one attached hydrogen (secondary N) is 5. The van der Waals surface area contributed by atoms with Crippen LogP contribution >= 0.6 is 0 Å². The molecule has 0 saturated carbocycles. The largest absolute Gasteiger partial charge is 0.394 e. The van der Waals surface area contributed by atoms with Crippen LogP contribution in [0.1, 0.15) is 64.5 Å². The standard InChI is InChI=1S/C42H61N9O10/c1-5-24(4)34(41(60)49-33(23(2)3)36(45)55)50-40(59)31-17-12-18-51(31)42(61)35(54)28(19-25-13-8-6-9-14-25)46-39(58)30(21-32(44)53)48-38(57)29(47-37(56)27(43)22-52)20-26-15-10-7-11-16-26/h6-11,13-16,23-24,27-31,33-35,52,54H,5,12,17-22,43H2,1-4H3,(H2,44,53)(H2,45,55)(H,46,58)(H,47,56)(H,48,57)(H,49,60)(H,50,59)/t24-,27+,28+,29+,30+,31+,33+,34+,35+/m1/s1. The molecule has 1 fully saturated rings. The highest BCUT2D eigenvalue weighted by atomic mass is 16.3. The number of hydrogen-bond acceptors (Lipinski definition) is 11. The number of likely N-dealkylation sites (tertiary alicyclic amines) is 1. The lowest BCUT2D eigenvalue weighted by molar-refractivity contribution is -0.147. The van der Waals surface area contributed by atoms with Gasteiger partial charge in [-0.05, 0) is 42.2 Å². The van der Waals surface area contributed by atoms with Gasteiger partial charge in [0.05, 0.1) is 19.1 Å². The quantitative estimate of drug-likeness (QED) is 0.0564. The zero-order chi connectivity index (χ0) is 45.4. The minimum Gasteiger partial charge on any atom is -0.394 e. The molecule has 0 spiro atoms. The van der Waals surface area contributed by atoms with Crippen LogP contribution in [0, 0.1) is 11.8 Å². The summed E-state index contributed by atoms with van der Waals surface area (Å²) in [6, 6.07) is 8.22. The van der Waals surface area contributed by atoms with Gasteiger partial charge in [-0.15, -0.1) is 0 Å². The lowest BCUT2D eigenvalue weighted by atomic mass is 9.96. The summed E-state index contributed by atoms with van der Waals surface area (Å²) < 4.78 is 0. The first-order valence-electron chi connectivity index (χ1n) is 20.4. The summed E-state index contributed by atoms with van der Waals surface area (Å²) in [5.41, 5.74) is 17.9. The van der Waals surface area contributed by atoms with Gasteiger partial charge in [-0.2, -0.15) is 0 Å². The summed E-state index contributed by atoms with van der Waals surface area (Å²) in [7, 11) is 0. The first-order valence-corrected chi connectivity index (χ1v) is 20.4. The van der Waals surface area contributed by atoms with Crippen LogP contribution in [-0.2, 0) is 51.2 Å². The summed E-state index contributed by atoms with van der Waals surface area (Å²) in [4.78, 5) is 107. The zero-order valence-electron chi connectivity index (χ0n) is 35.0. The molecule has 0 bridgehead atoms. The van der Waals surface area contributed by atoms with Gasteiger partial charge in [-0.1, -0.05) is 94.8 Å². The van der Waals surface area contributed by atoms with Crippen molar-refractivity contribution in [2.75, 3.05) is 13.2 Å². The van der Waals surface area contributed by atoms with Gasteiger partial charge in [-0.3, -0.25) is 38.4 Å². The van der Waals surface area contributed by atoms with E-state index in [2.05, 4.69) is 26.6 Å². The molecule has 0 radical (unpaired) electrons. The predicted octanol–water partition coefficient (Wildman–Crippen LogP) is -2.37. The minimum atomic E-state index is -1.96. The van der Waals surface area contributed by atoms with Crippen molar-refractivity contribution in [2.24, 2.45) is 29.0 Å². The molecule has 1 heterocycles. The fourth-order valence-corrected chi connectivity index (χ4v) is 6.90. The first-order chi connectivity index (χ1) is 28.9. The Bertz CT molecular complexity index is 1830. The van der Waals surface area contributed by atoms with Crippen molar-refractivity contribution < 1.29 is 48.6 Å². The van der Waals surface area contributed by atoms with Crippen molar-refractivity contribution in [1.29, 1.82) is 0 Å². The van der Waals surface area contributed by atoms with Gasteiger partial charge in [-0.25, -0.2) is 0 Å². The molecule has 9 atom stereocenters. The minimum absolute atomic E-state index is 0.0616. The van der Waals surface area contributed by atoms with E-state index < -0.39 is 109 Å². The summed E-state index contributed by atoms with van der Waals surface area (Å²) in [5, 5.41) is 34.0. The SMILES string of the molecule is CC[C@@H](C)[C@H](NC(=O)[C@@H]1CCCN1C(=O)[C@@H](O)[C@H](Cc1ccccc1)NC(=O)[C@H](CC(N)=O)NC(=O)[C@H](Cc1ccccc1)NC(=O)[C@@H](N)CO)C(=O)N[C@H](C(N)=O)C(C)C. The summed E-state index contributed by atoms with van der Waals surface area (Å²) >= 11 is 0. The van der Waals surface area contributed by atoms with Crippen LogP contribution in [0.2, 0.25) is 0 Å². The monoisotopic (exact) mass is 851 g/mol. The lowest BCUT2D eigenvalue weighted by Crippen LogP contribution is -2.61. The third kappa shape index (κ3) is 14.6. The average Bonchev–Trinajstić information content (AvgIpc) is 3.73. The Labute approximate surface area is 355 Å². The van der Waals surface area contributed by atoms with Gasteiger partial charge in [0.15, 0.2) is 6.10 Å². The molecule has 1 aliphatic heterocycles. The van der Waals surface area contributed by atoms with E-state index in [1.165, 1.54) is 4.90 Å². The van der Waals surface area contributed by atoms with E-state index >= 15 is 0 Å². The smallest absolute Gasteiger partial charge is 0.254 e. The zero-order valence-corrected chi connectivity index (χ0v) is 35.0. The van der Waals surface area contributed by atoms with Crippen LogP contribution in [0.25, 0.3) is 0 Å². The lowest BCUT2D eigenvalue weighted by Gasteiger charge is -2.33. The highest BCUT2D eigenvalue weighted by Crippen LogP contribution is 2.22. The molecule has 1 aliphatic rings. The summed E-state index contributed by atoms with van der Waals surface area (Å²) in [6.45, 7) is 6.35. The van der Waals surface area contributed by atoms with E-state index in [0.29, 0.717) is 24.0 Å². The summed E-state index contributed by atoms with van der Waals surface area (Å²) in [6.07, 6.45) is -1.79. The maximum Gasteiger partial charge on any atom is 0.254 e. The van der Waals surface area contributed by atoms with E-state index in [-0.39, 0.29) is 37.6 Å². The van der Waals surface area contributed by atoms with Crippen LogP contribution in [0.3, 0.4) is 0 Å². The second-order valence-electron chi connectivity index (χ2n) is 15.7. The Morgan fingerprint density at radius 2 is 1.30 bits per heavy atom. The number of carbonyl (C=O) groups is 8. The third-order valence-corrected chi connectivity index (χ3v) is 10.7. The van der Waals surface area contributed by atoms with Crippen molar-refractivity contribution in [3.8, 4) is 0 Å². The number of amides is 8. The van der Waals surface area contributed by atoms with Crippen molar-refractivity contribution in [3.63, 3.8) is 0 Å². The second kappa shape index (κ2) is 23.8. The molecule has 2 aromatic rings. The molecule has 0 unspecified atom stereocenters. The van der Waals surface area contributed by atoms with Gasteiger partial charge < -0.3 is 58.9 Å². The third-order valence-electron chi connectivity index (χ3n) is 10.7. The van der Waals surface area contributed by atoms with Crippen LogP contribution in [0.15, 0.2) is 60.7 Å². The maximum absolute atomic E-state index is 14.2. The fraction of sp³-hybridized carbons (Fsp3) is 0.524. The van der Waals surface area contributed by atoms with E-state index in [1.807, 2.05) is 6.92 Å². The predicted molar refractivity (Wildman–Crippen MR) is 223 cm³/mol. The van der Waals surface area contributed by atoms with Gasteiger partial charge in [0.2, 0.25) is 41.4 Å². The molecule has 19 heteroatoms. The van der Waals surface area contributed by atoms with Crippen molar-refractivity contribution in [2.45, 2.75) is 115 Å². The number of aliphatic hydroxyl groups excluding tert-OH is 2. The number of nitrogens with two attached hydrogens (primary N) is 3. The Hall–Kier alpha value is -5.92. The van der Waals surface area contributed by atoms with Gasteiger partial charge >= 0.3 is 0 Å². The van der Waals surface area contributed by atoms with Gasteiger partial charge in [0.1, 0.15) is 36.3 Å². The molecule has 61 heavy (non-hydrogen) atoms. The van der Waals surface area contributed by atoms with E-state index in [4.69, 9.17) is 17.2 Å². The number of primary amides is 2. The van der Waals surface area contributed by atoms with Gasteiger partial charge in [0, 0.05) is 13.0 Å². The first kappa shape index (κ1) is 49.4. The molecule has 3 rings (SSSR count). The Balaban J connectivity index is 1.88. The van der Waals surface area contributed by atoms with Crippen LogP contribution < -0.4 is 43.8 Å². The van der Waals surface area contributed by atoms with Crippen LogP contribution in [0.5, 0.6) is 0 Å². The Morgan fingerprint density at radius 1 is 0.738 bits per heavy atom. The molecule has 2 aromatic carbocycles. The van der Waals surface area contributed by atoms with E-state index in [9.17, 15) is 48.6 Å². The maximum atomic E-state index is 14.2. The number of aliphatic hydroxyl groups is 2. The van der Waals surface area contributed by atoms with Crippen LogP contribution in [-0.4, -0.2) is 124 Å². The van der Waals surface area contributed by atoms with E-state index in [1.54, 1.807) is 81.4 Å². The molecule has 334 valence electrons. The number of benzene rings is 2. The average molecular weight is 852 g/mol. The Kier molecular flexibility index (Phi) is 19.3. The van der Waals surface area contributed by atoms with Crippen LogP contribution in [0.4, 0.5) is 0 Å². The molecule has 0 aliphatic carbocycles. The molecular weight excluding hydrogens is 791 g/mol. The molecule has 1 saturated heterocycles. The number of hydrogen-bond donors (Lipinski definition) is 10. The molecule has 19 nitrogen and oxygen atoms in total. The fourth-order valence-electron chi connectivity index (χ4n) is 6.90. The molecule has 0 aromatic heterocycles. The summed E-state index contributed by atoms with van der Waals surface area (Å²) in [5.74, 6) is -7.37. The molecule has 8 amide bonds. The van der Waals surface area contributed by atoms with Crippen molar-refractivity contribution in [1.82, 2.24) is 31.5 Å². The topological polar surface area (TPSA) is 318 Å². The van der Waals surface area contributed by atoms with E-state index in [0.717, 1.165) is 0 Å². The highest BCUT2D eigenvalue weighted by molar-refractivity contribution is 5.97. The Morgan fingerprint density at radius 3 is 1.82 bits per heavy atom. The highest BCUT2D eigenvalue weighted by Gasteiger charge is 2.42. The number of rotatable bonds is 23.